The molecule has 0 radical (unpaired) electrons. The lowest BCUT2D eigenvalue weighted by Crippen LogP contribution is -2.46. The summed E-state index contributed by atoms with van der Waals surface area (Å²) in [5, 5.41) is 6.57. The Kier molecular flexibility index (Phi) is 12.0. The number of morpholine rings is 2. The molecule has 0 saturated carbocycles. The Labute approximate surface area is 352 Å². The number of nitrogen functional groups attached to an aromatic ring is 1. The zero-order chi connectivity index (χ0) is 42.6. The third-order valence-electron chi connectivity index (χ3n) is 10.0. The number of nitrogens with zero attached hydrogens (tertiary/aromatic N) is 8. The van der Waals surface area contributed by atoms with Crippen molar-refractivity contribution in [2.75, 3.05) is 92.1 Å². The minimum Gasteiger partial charge on any atom is -0.398 e. The van der Waals surface area contributed by atoms with Crippen LogP contribution in [0.3, 0.4) is 0 Å². The van der Waals surface area contributed by atoms with Gasteiger partial charge in [-0.3, -0.25) is 18.9 Å². The predicted octanol–water partition coefficient (Wildman–Crippen LogP) is 3.80. The number of anilines is 5. The smallest absolute Gasteiger partial charge is 0.295 e. The van der Waals surface area contributed by atoms with E-state index in [1.54, 1.807) is 15.9 Å². The fourth-order valence-corrected chi connectivity index (χ4v) is 8.39. The van der Waals surface area contributed by atoms with Crippen LogP contribution in [0.25, 0.3) is 12.2 Å². The normalized spacial score (nSPS) is 17.7. The average molecular weight is 870 g/mol. The SMILES string of the molecule is Nc1cc(N2CN=C(N3CCOCC3)N=C2Nc2ccccc2)cc(S(=O)(=O)O)c1/C=C/c1ccc(N2CN=C(N3CCOCC3)N=C2Nc2ccccc2)cc1S(=O)(=O)O. The van der Waals surface area contributed by atoms with Gasteiger partial charge in [0.25, 0.3) is 20.2 Å². The number of nitrogens with one attached hydrogen (secondary N) is 2. The Bertz CT molecular complexity index is 2650. The van der Waals surface area contributed by atoms with Crippen LogP contribution < -0.4 is 26.2 Å². The summed E-state index contributed by atoms with van der Waals surface area (Å²) in [5.41, 5.74) is 8.36. The van der Waals surface area contributed by atoms with Crippen LogP contribution in [-0.4, -0.2) is 126 Å². The van der Waals surface area contributed by atoms with Crippen molar-refractivity contribution in [1.82, 2.24) is 9.80 Å². The molecule has 0 unspecified atom stereocenters. The van der Waals surface area contributed by atoms with Crippen molar-refractivity contribution in [3.8, 4) is 0 Å². The van der Waals surface area contributed by atoms with Crippen molar-refractivity contribution in [2.45, 2.75) is 9.79 Å². The Morgan fingerprint density at radius 3 is 1.57 bits per heavy atom. The van der Waals surface area contributed by atoms with Gasteiger partial charge in [-0.2, -0.15) is 26.8 Å². The van der Waals surface area contributed by atoms with Gasteiger partial charge in [-0.15, -0.1) is 0 Å². The van der Waals surface area contributed by atoms with Crippen molar-refractivity contribution in [2.24, 2.45) is 20.0 Å². The van der Waals surface area contributed by atoms with Crippen molar-refractivity contribution < 1.29 is 35.4 Å². The number of para-hydroxylation sites is 2. The molecule has 4 aliphatic heterocycles. The van der Waals surface area contributed by atoms with Crippen LogP contribution in [0.2, 0.25) is 0 Å². The van der Waals surface area contributed by atoms with Gasteiger partial charge in [-0.25, -0.2) is 9.98 Å². The average Bonchev–Trinajstić information content (AvgIpc) is 3.26. The summed E-state index contributed by atoms with van der Waals surface area (Å²) in [6.07, 6.45) is 2.55. The molecule has 0 spiro atoms. The van der Waals surface area contributed by atoms with Crippen LogP contribution in [0.4, 0.5) is 28.4 Å². The van der Waals surface area contributed by atoms with Gasteiger partial charge in [0, 0.05) is 60.2 Å². The molecular formula is C40H43N11O8S2. The molecule has 8 rings (SSSR count). The molecule has 0 aliphatic carbocycles. The molecule has 4 aromatic carbocycles. The maximum absolute atomic E-state index is 13.0. The topological polar surface area (TPSA) is 240 Å². The van der Waals surface area contributed by atoms with E-state index < -0.39 is 30.0 Å². The van der Waals surface area contributed by atoms with Gasteiger partial charge >= 0.3 is 0 Å². The second kappa shape index (κ2) is 17.7. The van der Waals surface area contributed by atoms with E-state index in [4.69, 9.17) is 25.2 Å². The first kappa shape index (κ1) is 41.4. The summed E-state index contributed by atoms with van der Waals surface area (Å²) < 4.78 is 83.8. The standard InChI is InChI=1S/C40H43N11O8S2/c41-34-23-32(51-27-43-38(49-17-21-59-22-18-49)47-40(51)45-30-9-5-2-6-10-30)25-36(61(55,56)57)33(34)14-12-28-11-13-31(24-35(28)60(52,53)54)50-26-42-37(48-15-19-58-20-16-48)46-39(50)44-29-7-3-1-4-8-29/h1-14,23-25H,15-22,26-27,41H2,(H,42,44,46)(H,43,45,47)(H,52,53,54)(H,55,56,57)/b14-12+. The molecule has 6 N–H and O–H groups in total. The molecule has 21 heteroatoms. The number of ether oxygens (including phenoxy) is 2. The van der Waals surface area contributed by atoms with Gasteiger partial charge in [-0.05, 0) is 54.1 Å². The molecule has 61 heavy (non-hydrogen) atoms. The first-order valence-electron chi connectivity index (χ1n) is 19.2. The van der Waals surface area contributed by atoms with Gasteiger partial charge in [0.2, 0.25) is 23.8 Å². The lowest BCUT2D eigenvalue weighted by molar-refractivity contribution is 0.0674. The highest BCUT2D eigenvalue weighted by atomic mass is 32.2. The number of rotatable bonds is 8. The quantitative estimate of drug-likeness (QED) is 0.0962. The molecule has 4 aromatic rings. The monoisotopic (exact) mass is 869 g/mol. The number of hydrogen-bond donors (Lipinski definition) is 5. The number of benzene rings is 4. The predicted molar refractivity (Wildman–Crippen MR) is 235 cm³/mol. The van der Waals surface area contributed by atoms with Crippen molar-refractivity contribution in [1.29, 1.82) is 0 Å². The fourth-order valence-electron chi connectivity index (χ4n) is 6.96. The van der Waals surface area contributed by atoms with E-state index in [2.05, 4.69) is 20.6 Å². The molecule has 4 aliphatic rings. The number of aliphatic imine (C=N–C) groups is 4. The van der Waals surface area contributed by atoms with E-state index in [-0.39, 0.29) is 35.8 Å². The zero-order valence-corrected chi connectivity index (χ0v) is 34.3. The van der Waals surface area contributed by atoms with Crippen molar-refractivity contribution >= 4 is 84.7 Å². The Hall–Kier alpha value is -6.36. The fraction of sp³-hybridized carbons (Fsp3) is 0.250. The third kappa shape index (κ3) is 9.67. The van der Waals surface area contributed by atoms with Crippen LogP contribution in [-0.2, 0) is 29.7 Å². The van der Waals surface area contributed by atoms with E-state index in [1.165, 1.54) is 36.4 Å². The summed E-state index contributed by atoms with van der Waals surface area (Å²) in [6.45, 7) is 4.57. The van der Waals surface area contributed by atoms with E-state index in [0.29, 0.717) is 87.8 Å². The van der Waals surface area contributed by atoms with Crippen molar-refractivity contribution in [3.05, 3.63) is 102 Å². The Morgan fingerprint density at radius 1 is 0.607 bits per heavy atom. The summed E-state index contributed by atoms with van der Waals surface area (Å²) in [4.78, 5) is 25.1. The van der Waals surface area contributed by atoms with Gasteiger partial charge < -0.3 is 35.6 Å². The second-order valence-electron chi connectivity index (χ2n) is 14.1. The molecule has 2 saturated heterocycles. The maximum atomic E-state index is 13.0. The van der Waals surface area contributed by atoms with Gasteiger partial charge in [0.1, 0.15) is 23.1 Å². The van der Waals surface area contributed by atoms with Crippen molar-refractivity contribution in [3.63, 3.8) is 0 Å². The molecule has 2 fully saturated rings. The van der Waals surface area contributed by atoms with E-state index >= 15 is 0 Å². The summed E-state index contributed by atoms with van der Waals surface area (Å²) in [6, 6.07) is 25.6. The highest BCUT2D eigenvalue weighted by molar-refractivity contribution is 7.86. The molecule has 0 aromatic heterocycles. The second-order valence-corrected chi connectivity index (χ2v) is 16.8. The molecule has 4 heterocycles. The minimum atomic E-state index is -4.92. The molecule has 0 bridgehead atoms. The third-order valence-corrected chi connectivity index (χ3v) is 11.8. The van der Waals surface area contributed by atoms with Crippen LogP contribution in [0.15, 0.2) is 121 Å². The van der Waals surface area contributed by atoms with Gasteiger partial charge in [0.15, 0.2) is 0 Å². The summed E-state index contributed by atoms with van der Waals surface area (Å²) in [7, 11) is -9.79. The molecule has 0 amide bonds. The molecular weight excluding hydrogens is 827 g/mol. The van der Waals surface area contributed by atoms with E-state index in [0.717, 1.165) is 5.69 Å². The van der Waals surface area contributed by atoms with Crippen LogP contribution in [0.5, 0.6) is 0 Å². The number of nitrogens with two attached hydrogens (primary N) is 1. The molecule has 19 nitrogen and oxygen atoms in total. The summed E-state index contributed by atoms with van der Waals surface area (Å²) in [5.74, 6) is 1.66. The van der Waals surface area contributed by atoms with E-state index in [1.807, 2.05) is 70.5 Å². The summed E-state index contributed by atoms with van der Waals surface area (Å²) >= 11 is 0. The largest absolute Gasteiger partial charge is 0.398 e. The first-order chi connectivity index (χ1) is 29.4. The van der Waals surface area contributed by atoms with Crippen LogP contribution in [0.1, 0.15) is 11.1 Å². The number of guanidine groups is 4. The molecule has 318 valence electrons. The van der Waals surface area contributed by atoms with E-state index in [9.17, 15) is 25.9 Å². The highest BCUT2D eigenvalue weighted by Gasteiger charge is 2.28. The Morgan fingerprint density at radius 2 is 1.08 bits per heavy atom. The molecule has 0 atom stereocenters. The zero-order valence-electron chi connectivity index (χ0n) is 32.7. The van der Waals surface area contributed by atoms with Crippen LogP contribution >= 0.6 is 0 Å². The van der Waals surface area contributed by atoms with Gasteiger partial charge in [0.05, 0.1) is 26.4 Å². The number of hydrogen-bond acceptors (Lipinski definition) is 17. The van der Waals surface area contributed by atoms with Gasteiger partial charge in [-0.1, -0.05) is 54.6 Å². The minimum absolute atomic E-state index is 0.00234. The lowest BCUT2D eigenvalue weighted by Gasteiger charge is -2.33. The first-order valence-corrected chi connectivity index (χ1v) is 22.1. The lowest BCUT2D eigenvalue weighted by atomic mass is 10.1. The Balaban J connectivity index is 1.12. The maximum Gasteiger partial charge on any atom is 0.295 e. The highest BCUT2D eigenvalue weighted by Crippen LogP contribution is 2.33. The van der Waals surface area contributed by atoms with Crippen LogP contribution in [0, 0.1) is 0 Å².